The summed E-state index contributed by atoms with van der Waals surface area (Å²) in [4.78, 5) is 0. The molecule has 1 unspecified atom stereocenters. The van der Waals surface area contributed by atoms with E-state index in [4.69, 9.17) is 16.3 Å². The lowest BCUT2D eigenvalue weighted by molar-refractivity contribution is -0.0509. The molecule has 1 aliphatic rings. The maximum Gasteiger partial charge on any atom is 0.124 e. The minimum absolute atomic E-state index is 0.150. The zero-order valence-electron chi connectivity index (χ0n) is 12.9. The second kappa shape index (κ2) is 7.57. The molecule has 1 saturated carbocycles. The Kier molecular flexibility index (Phi) is 6.03. The first-order valence-corrected chi connectivity index (χ1v) is 8.15. The smallest absolute Gasteiger partial charge is 0.124 e. The van der Waals surface area contributed by atoms with Crippen molar-refractivity contribution < 1.29 is 9.13 Å². The topological polar surface area (TPSA) is 21.3 Å². The monoisotopic (exact) mass is 313 g/mol. The van der Waals surface area contributed by atoms with Crippen molar-refractivity contribution in [2.24, 2.45) is 0 Å². The number of hydrogen-bond acceptors (Lipinski definition) is 2. The third-order valence-electron chi connectivity index (χ3n) is 4.78. The third-order valence-corrected chi connectivity index (χ3v) is 5.13. The number of halogens is 2. The Morgan fingerprint density at radius 3 is 2.48 bits per heavy atom. The van der Waals surface area contributed by atoms with Gasteiger partial charge < -0.3 is 10.1 Å². The summed E-state index contributed by atoms with van der Waals surface area (Å²) in [5.74, 6) is -0.291. The Hall–Kier alpha value is -0.640. The average molecular weight is 314 g/mol. The molecule has 0 amide bonds. The summed E-state index contributed by atoms with van der Waals surface area (Å²) >= 11 is 6.18. The molecule has 1 fully saturated rings. The van der Waals surface area contributed by atoms with Crippen LogP contribution < -0.4 is 5.32 Å². The van der Waals surface area contributed by atoms with Gasteiger partial charge in [-0.3, -0.25) is 0 Å². The summed E-state index contributed by atoms with van der Waals surface area (Å²) in [6.45, 7) is 0. The summed E-state index contributed by atoms with van der Waals surface area (Å²) < 4.78 is 19.2. The van der Waals surface area contributed by atoms with Gasteiger partial charge in [0.05, 0.1) is 5.60 Å². The highest BCUT2D eigenvalue weighted by Crippen LogP contribution is 2.35. The van der Waals surface area contributed by atoms with Gasteiger partial charge in [-0.05, 0) is 44.0 Å². The lowest BCUT2D eigenvalue weighted by Gasteiger charge is -2.39. The Morgan fingerprint density at radius 1 is 1.29 bits per heavy atom. The second-order valence-corrected chi connectivity index (χ2v) is 6.37. The number of ether oxygens (including phenoxy) is 1. The second-order valence-electron chi connectivity index (χ2n) is 5.96. The molecule has 2 nitrogen and oxygen atoms in total. The molecule has 2 rings (SSSR count). The Labute approximate surface area is 132 Å². The fraction of sp³-hybridized carbons (Fsp3) is 0.647. The predicted molar refractivity (Wildman–Crippen MR) is 85.4 cm³/mol. The van der Waals surface area contributed by atoms with Crippen LogP contribution >= 0.6 is 11.6 Å². The number of benzene rings is 1. The Bertz CT molecular complexity index is 458. The lowest BCUT2D eigenvalue weighted by atomic mass is 9.82. The molecule has 1 aromatic rings. The van der Waals surface area contributed by atoms with E-state index in [1.54, 1.807) is 6.07 Å². The summed E-state index contributed by atoms with van der Waals surface area (Å²) in [7, 11) is 3.77. The zero-order chi connectivity index (χ0) is 15.3. The number of hydrogen-bond donors (Lipinski definition) is 1. The van der Waals surface area contributed by atoms with E-state index in [-0.39, 0.29) is 17.5 Å². The van der Waals surface area contributed by atoms with E-state index >= 15 is 0 Å². The molecule has 1 aliphatic carbocycles. The van der Waals surface area contributed by atoms with Gasteiger partial charge in [-0.25, -0.2) is 4.39 Å². The normalized spacial score (nSPS) is 20.0. The number of nitrogens with one attached hydrogen (secondary N) is 1. The van der Waals surface area contributed by atoms with Crippen LogP contribution in [0.25, 0.3) is 0 Å². The fourth-order valence-corrected chi connectivity index (χ4v) is 3.72. The fourth-order valence-electron chi connectivity index (χ4n) is 3.48. The predicted octanol–water partition coefficient (Wildman–Crippen LogP) is 4.35. The number of rotatable bonds is 5. The van der Waals surface area contributed by atoms with Gasteiger partial charge in [0.25, 0.3) is 0 Å². The van der Waals surface area contributed by atoms with Crippen LogP contribution in [0.4, 0.5) is 4.39 Å². The quantitative estimate of drug-likeness (QED) is 0.816. The van der Waals surface area contributed by atoms with Gasteiger partial charge in [-0.15, -0.1) is 0 Å². The van der Waals surface area contributed by atoms with E-state index in [2.05, 4.69) is 5.32 Å². The molecule has 0 radical (unpaired) electrons. The largest absolute Gasteiger partial charge is 0.377 e. The van der Waals surface area contributed by atoms with Gasteiger partial charge in [0, 0.05) is 18.2 Å². The van der Waals surface area contributed by atoms with Crippen LogP contribution in [0, 0.1) is 5.82 Å². The van der Waals surface area contributed by atoms with E-state index < -0.39 is 0 Å². The molecule has 0 spiro atoms. The molecule has 1 aromatic carbocycles. The molecule has 0 aromatic heterocycles. The summed E-state index contributed by atoms with van der Waals surface area (Å²) in [6, 6.07) is 4.82. The van der Waals surface area contributed by atoms with E-state index in [0.29, 0.717) is 5.02 Å². The van der Waals surface area contributed by atoms with Crippen molar-refractivity contribution in [2.75, 3.05) is 14.2 Å². The average Bonchev–Trinajstić information content (AvgIpc) is 2.73. The van der Waals surface area contributed by atoms with Crippen LogP contribution in [-0.4, -0.2) is 25.8 Å². The van der Waals surface area contributed by atoms with Crippen molar-refractivity contribution in [3.63, 3.8) is 0 Å². The summed E-state index contributed by atoms with van der Waals surface area (Å²) in [6.07, 6.45) is 7.83. The first-order chi connectivity index (χ1) is 10.1. The molecule has 0 saturated heterocycles. The first kappa shape index (κ1) is 16.7. The Morgan fingerprint density at radius 2 is 1.95 bits per heavy atom. The van der Waals surface area contributed by atoms with Gasteiger partial charge in [0.15, 0.2) is 0 Å². The standard InChI is InChI=1S/C17H25ClFNO/c1-20-16(11-13-7-8-14(19)12-15(13)18)17(21-2)9-5-3-4-6-10-17/h7-8,12,16,20H,3-6,9-11H2,1-2H3. The molecule has 21 heavy (non-hydrogen) atoms. The van der Waals surface area contributed by atoms with Crippen LogP contribution in [0.2, 0.25) is 5.02 Å². The van der Waals surface area contributed by atoms with Crippen LogP contribution in [0.3, 0.4) is 0 Å². The first-order valence-electron chi connectivity index (χ1n) is 7.77. The van der Waals surface area contributed by atoms with E-state index in [1.807, 2.05) is 14.2 Å². The van der Waals surface area contributed by atoms with Crippen molar-refractivity contribution >= 4 is 11.6 Å². The van der Waals surface area contributed by atoms with E-state index in [1.165, 1.54) is 37.8 Å². The van der Waals surface area contributed by atoms with Crippen molar-refractivity contribution in [1.82, 2.24) is 5.32 Å². The molecule has 4 heteroatoms. The van der Waals surface area contributed by atoms with Crippen LogP contribution in [-0.2, 0) is 11.2 Å². The maximum atomic E-state index is 13.2. The molecule has 0 bridgehead atoms. The third kappa shape index (κ3) is 3.97. The van der Waals surface area contributed by atoms with Gasteiger partial charge in [0.1, 0.15) is 5.82 Å². The summed E-state index contributed by atoms with van der Waals surface area (Å²) in [5, 5.41) is 3.90. The highest BCUT2D eigenvalue weighted by molar-refractivity contribution is 6.31. The van der Waals surface area contributed by atoms with Crippen molar-refractivity contribution in [3.05, 3.63) is 34.6 Å². The Balaban J connectivity index is 2.20. The summed E-state index contributed by atoms with van der Waals surface area (Å²) in [5.41, 5.74) is 0.821. The SMILES string of the molecule is CNC(Cc1ccc(F)cc1Cl)C1(OC)CCCCCC1. The lowest BCUT2D eigenvalue weighted by Crippen LogP contribution is -2.52. The van der Waals surface area contributed by atoms with Gasteiger partial charge >= 0.3 is 0 Å². The molecule has 0 heterocycles. The maximum absolute atomic E-state index is 13.2. The van der Waals surface area contributed by atoms with Crippen molar-refractivity contribution in [1.29, 1.82) is 0 Å². The highest BCUT2D eigenvalue weighted by atomic mass is 35.5. The van der Waals surface area contributed by atoms with Crippen LogP contribution in [0.1, 0.15) is 44.1 Å². The molecular weight excluding hydrogens is 289 g/mol. The van der Waals surface area contributed by atoms with Crippen LogP contribution in [0.15, 0.2) is 18.2 Å². The number of methoxy groups -OCH3 is 1. The molecule has 118 valence electrons. The van der Waals surface area contributed by atoms with E-state index in [9.17, 15) is 4.39 Å². The molecule has 0 aliphatic heterocycles. The van der Waals surface area contributed by atoms with Crippen molar-refractivity contribution in [2.45, 2.75) is 56.6 Å². The molecule has 1 N–H and O–H groups in total. The molecular formula is C17H25ClFNO. The molecule has 1 atom stereocenters. The highest BCUT2D eigenvalue weighted by Gasteiger charge is 2.38. The van der Waals surface area contributed by atoms with Gasteiger partial charge in [-0.1, -0.05) is 43.4 Å². The minimum Gasteiger partial charge on any atom is -0.377 e. The van der Waals surface area contributed by atoms with Gasteiger partial charge in [0.2, 0.25) is 0 Å². The zero-order valence-corrected chi connectivity index (χ0v) is 13.7. The van der Waals surface area contributed by atoms with E-state index in [0.717, 1.165) is 24.8 Å². The minimum atomic E-state index is -0.291. The van der Waals surface area contributed by atoms with Crippen molar-refractivity contribution in [3.8, 4) is 0 Å². The van der Waals surface area contributed by atoms with Gasteiger partial charge in [-0.2, -0.15) is 0 Å². The van der Waals surface area contributed by atoms with Crippen LogP contribution in [0.5, 0.6) is 0 Å². The number of likely N-dealkylation sites (N-methyl/N-ethyl adjacent to an activating group) is 1.